The summed E-state index contributed by atoms with van der Waals surface area (Å²) < 4.78 is 29.5. The highest BCUT2D eigenvalue weighted by molar-refractivity contribution is 5.51. The Kier molecular flexibility index (Phi) is 4.07. The molecule has 0 saturated heterocycles. The first-order valence-corrected chi connectivity index (χ1v) is 5.53. The molecule has 0 spiro atoms. The number of rotatable bonds is 4. The summed E-state index contributed by atoms with van der Waals surface area (Å²) in [7, 11) is 0. The van der Waals surface area contributed by atoms with Crippen molar-refractivity contribution >= 4 is 6.08 Å². The van der Waals surface area contributed by atoms with Gasteiger partial charge in [-0.05, 0) is 35.9 Å². The third-order valence-corrected chi connectivity index (χ3v) is 2.29. The Labute approximate surface area is 104 Å². The molecule has 0 unspecified atom stereocenters. The SMILES string of the molecule is FC(F)/C=C/c1ccc(Oc2ccccc2)cc1. The predicted octanol–water partition coefficient (Wildman–Crippen LogP) is 4.76. The van der Waals surface area contributed by atoms with E-state index in [-0.39, 0.29) is 0 Å². The van der Waals surface area contributed by atoms with Gasteiger partial charge >= 0.3 is 0 Å². The minimum Gasteiger partial charge on any atom is -0.457 e. The van der Waals surface area contributed by atoms with Crippen molar-refractivity contribution in [2.24, 2.45) is 0 Å². The predicted molar refractivity (Wildman–Crippen MR) is 68.0 cm³/mol. The van der Waals surface area contributed by atoms with Crippen LogP contribution >= 0.6 is 0 Å². The highest BCUT2D eigenvalue weighted by Crippen LogP contribution is 2.21. The molecule has 18 heavy (non-hydrogen) atoms. The van der Waals surface area contributed by atoms with Crippen LogP contribution in [0.25, 0.3) is 6.08 Å². The highest BCUT2D eigenvalue weighted by Gasteiger charge is 1.97. The van der Waals surface area contributed by atoms with Crippen LogP contribution in [0.1, 0.15) is 5.56 Å². The van der Waals surface area contributed by atoms with Gasteiger partial charge in [0.1, 0.15) is 11.5 Å². The van der Waals surface area contributed by atoms with Crippen LogP contribution in [0, 0.1) is 0 Å². The second-order valence-corrected chi connectivity index (χ2v) is 3.68. The lowest BCUT2D eigenvalue weighted by Crippen LogP contribution is -1.84. The summed E-state index contributed by atoms with van der Waals surface area (Å²) in [6.45, 7) is 0. The van der Waals surface area contributed by atoms with Crippen molar-refractivity contribution in [3.05, 3.63) is 66.2 Å². The fourth-order valence-electron chi connectivity index (χ4n) is 1.46. The third-order valence-electron chi connectivity index (χ3n) is 2.29. The standard InChI is InChI=1S/C15H12F2O/c16-15(17)11-8-12-6-9-14(10-7-12)18-13-4-2-1-3-5-13/h1-11,15H/b11-8+. The van der Waals surface area contributed by atoms with Crippen LogP contribution in [0.15, 0.2) is 60.7 Å². The summed E-state index contributed by atoms with van der Waals surface area (Å²) in [5.74, 6) is 1.42. The van der Waals surface area contributed by atoms with Gasteiger partial charge in [0.2, 0.25) is 0 Å². The van der Waals surface area contributed by atoms with E-state index in [2.05, 4.69) is 0 Å². The van der Waals surface area contributed by atoms with Gasteiger partial charge in [0, 0.05) is 0 Å². The van der Waals surface area contributed by atoms with Crippen LogP contribution in [0.2, 0.25) is 0 Å². The molecule has 0 radical (unpaired) electrons. The molecule has 0 aliphatic carbocycles. The van der Waals surface area contributed by atoms with E-state index in [0.29, 0.717) is 5.75 Å². The quantitative estimate of drug-likeness (QED) is 0.755. The number of hydrogen-bond donors (Lipinski definition) is 0. The fraction of sp³-hybridized carbons (Fsp3) is 0.0667. The van der Waals surface area contributed by atoms with E-state index in [1.807, 2.05) is 30.3 Å². The Balaban J connectivity index is 2.04. The Hall–Kier alpha value is -2.16. The zero-order valence-corrected chi connectivity index (χ0v) is 9.59. The maximum atomic E-state index is 12.0. The number of ether oxygens (including phenoxy) is 1. The van der Waals surface area contributed by atoms with Gasteiger partial charge in [0.15, 0.2) is 0 Å². The van der Waals surface area contributed by atoms with Gasteiger partial charge in [-0.1, -0.05) is 36.4 Å². The monoisotopic (exact) mass is 246 g/mol. The summed E-state index contributed by atoms with van der Waals surface area (Å²) in [6.07, 6.45) is -0.186. The first kappa shape index (κ1) is 12.3. The molecule has 0 aliphatic heterocycles. The Bertz CT molecular complexity index is 504. The van der Waals surface area contributed by atoms with Gasteiger partial charge < -0.3 is 4.74 Å². The molecule has 92 valence electrons. The summed E-state index contributed by atoms with van der Waals surface area (Å²) in [5, 5.41) is 0. The molecule has 3 heteroatoms. The lowest BCUT2D eigenvalue weighted by Gasteiger charge is -2.05. The molecule has 2 aromatic rings. The first-order chi connectivity index (χ1) is 8.74. The van der Waals surface area contributed by atoms with E-state index in [4.69, 9.17) is 4.74 Å². The van der Waals surface area contributed by atoms with Crippen molar-refractivity contribution in [2.75, 3.05) is 0 Å². The molecule has 0 saturated carbocycles. The van der Waals surface area contributed by atoms with E-state index in [0.717, 1.165) is 17.4 Å². The Morgan fingerprint density at radius 1 is 0.833 bits per heavy atom. The Morgan fingerprint density at radius 3 is 2.06 bits per heavy atom. The number of alkyl halides is 2. The molecule has 0 fully saturated rings. The molecule has 2 aromatic carbocycles. The minimum atomic E-state index is -2.43. The number of para-hydroxylation sites is 1. The molecule has 0 atom stereocenters. The lowest BCUT2D eigenvalue weighted by atomic mass is 10.2. The van der Waals surface area contributed by atoms with E-state index in [1.165, 1.54) is 6.08 Å². The number of halogens is 2. The molecular weight excluding hydrogens is 234 g/mol. The second kappa shape index (κ2) is 5.96. The average molecular weight is 246 g/mol. The van der Waals surface area contributed by atoms with Crippen molar-refractivity contribution in [3.8, 4) is 11.5 Å². The smallest absolute Gasteiger partial charge is 0.257 e. The molecule has 0 bridgehead atoms. The lowest BCUT2D eigenvalue weighted by molar-refractivity contribution is 0.205. The van der Waals surface area contributed by atoms with Crippen LogP contribution in [0.3, 0.4) is 0 Å². The molecule has 0 heterocycles. The molecule has 0 N–H and O–H groups in total. The van der Waals surface area contributed by atoms with E-state index >= 15 is 0 Å². The van der Waals surface area contributed by atoms with Crippen LogP contribution in [-0.2, 0) is 0 Å². The molecular formula is C15H12F2O. The van der Waals surface area contributed by atoms with Crippen LogP contribution in [-0.4, -0.2) is 6.43 Å². The summed E-state index contributed by atoms with van der Waals surface area (Å²) in [5.41, 5.74) is 0.718. The fourth-order valence-corrected chi connectivity index (χ4v) is 1.46. The van der Waals surface area contributed by atoms with Crippen LogP contribution in [0.4, 0.5) is 8.78 Å². The first-order valence-electron chi connectivity index (χ1n) is 5.53. The zero-order valence-electron chi connectivity index (χ0n) is 9.59. The summed E-state index contributed by atoms with van der Waals surface area (Å²) in [4.78, 5) is 0. The zero-order chi connectivity index (χ0) is 12.8. The number of hydrogen-bond acceptors (Lipinski definition) is 1. The van der Waals surface area contributed by atoms with Crippen molar-refractivity contribution in [1.29, 1.82) is 0 Å². The van der Waals surface area contributed by atoms with Gasteiger partial charge in [0.25, 0.3) is 6.43 Å². The summed E-state index contributed by atoms with van der Waals surface area (Å²) >= 11 is 0. The van der Waals surface area contributed by atoms with Gasteiger partial charge in [-0.25, -0.2) is 8.78 Å². The number of allylic oxidation sites excluding steroid dienone is 1. The van der Waals surface area contributed by atoms with E-state index in [1.54, 1.807) is 24.3 Å². The van der Waals surface area contributed by atoms with Gasteiger partial charge in [-0.2, -0.15) is 0 Å². The van der Waals surface area contributed by atoms with Crippen molar-refractivity contribution in [1.82, 2.24) is 0 Å². The maximum Gasteiger partial charge on any atom is 0.257 e. The number of benzene rings is 2. The van der Waals surface area contributed by atoms with E-state index < -0.39 is 6.43 Å². The van der Waals surface area contributed by atoms with Crippen LogP contribution in [0.5, 0.6) is 11.5 Å². The maximum absolute atomic E-state index is 12.0. The molecule has 0 aromatic heterocycles. The molecule has 2 rings (SSSR count). The van der Waals surface area contributed by atoms with Crippen molar-refractivity contribution in [2.45, 2.75) is 6.43 Å². The second-order valence-electron chi connectivity index (χ2n) is 3.68. The van der Waals surface area contributed by atoms with E-state index in [9.17, 15) is 8.78 Å². The largest absolute Gasteiger partial charge is 0.457 e. The van der Waals surface area contributed by atoms with Crippen molar-refractivity contribution in [3.63, 3.8) is 0 Å². The molecule has 0 amide bonds. The topological polar surface area (TPSA) is 9.23 Å². The van der Waals surface area contributed by atoms with Gasteiger partial charge in [0.05, 0.1) is 0 Å². The van der Waals surface area contributed by atoms with Gasteiger partial charge in [-0.15, -0.1) is 0 Å². The minimum absolute atomic E-state index is 0.676. The summed E-state index contributed by atoms with van der Waals surface area (Å²) in [6, 6.07) is 16.3. The average Bonchev–Trinajstić information content (AvgIpc) is 2.39. The Morgan fingerprint density at radius 2 is 1.44 bits per heavy atom. The van der Waals surface area contributed by atoms with Gasteiger partial charge in [-0.3, -0.25) is 0 Å². The molecule has 1 nitrogen and oxygen atoms in total. The highest BCUT2D eigenvalue weighted by atomic mass is 19.3. The van der Waals surface area contributed by atoms with Crippen molar-refractivity contribution < 1.29 is 13.5 Å². The normalized spacial score (nSPS) is 11.1. The molecule has 0 aliphatic rings. The van der Waals surface area contributed by atoms with Crippen LogP contribution < -0.4 is 4.74 Å². The third kappa shape index (κ3) is 3.70.